The number of nitrogens with one attached hydrogen (secondary N) is 2. The zero-order valence-electron chi connectivity index (χ0n) is 19.1. The second-order valence-corrected chi connectivity index (χ2v) is 9.94. The van der Waals surface area contributed by atoms with Gasteiger partial charge in [-0.05, 0) is 55.0 Å². The number of aromatic amines is 1. The molecule has 2 N–H and O–H groups in total. The summed E-state index contributed by atoms with van der Waals surface area (Å²) in [5, 5.41) is 7.06. The number of rotatable bonds is 5. The van der Waals surface area contributed by atoms with Crippen LogP contribution in [0, 0.1) is 5.82 Å². The topological polar surface area (TPSA) is 88.5 Å². The normalized spacial score (nSPS) is 13.2. The van der Waals surface area contributed by atoms with Gasteiger partial charge in [-0.3, -0.25) is 9.48 Å². The average molecular weight is 487 g/mol. The van der Waals surface area contributed by atoms with Gasteiger partial charge in [0, 0.05) is 42.0 Å². The summed E-state index contributed by atoms with van der Waals surface area (Å²) in [4.78, 5) is 26.9. The van der Waals surface area contributed by atoms with E-state index in [2.05, 4.69) is 25.4 Å². The van der Waals surface area contributed by atoms with Gasteiger partial charge in [-0.25, -0.2) is 14.4 Å². The van der Waals surface area contributed by atoms with Crippen LogP contribution >= 0.6 is 11.3 Å². The van der Waals surface area contributed by atoms with Crippen LogP contribution in [0.2, 0.25) is 0 Å². The average Bonchev–Trinajstić information content (AvgIpc) is 3.60. The Morgan fingerprint density at radius 3 is 2.89 bits per heavy atom. The number of aryl methyl sites for hydroxylation is 3. The molecular formula is C26H23FN6OS. The lowest BCUT2D eigenvalue weighted by Gasteiger charge is -2.08. The van der Waals surface area contributed by atoms with E-state index in [1.165, 1.54) is 29.3 Å². The maximum atomic E-state index is 15.0. The molecule has 176 valence electrons. The zero-order valence-corrected chi connectivity index (χ0v) is 20.0. The number of aromatic nitrogens is 5. The van der Waals surface area contributed by atoms with Crippen molar-refractivity contribution in [1.29, 1.82) is 0 Å². The Bertz CT molecular complexity index is 1540. The van der Waals surface area contributed by atoms with Gasteiger partial charge in [0.15, 0.2) is 5.65 Å². The Balaban J connectivity index is 1.22. The minimum atomic E-state index is -0.370. The van der Waals surface area contributed by atoms with Crippen molar-refractivity contribution in [2.45, 2.75) is 32.2 Å². The van der Waals surface area contributed by atoms with Crippen molar-refractivity contribution in [1.82, 2.24) is 30.0 Å². The Hall–Kier alpha value is -3.85. The number of halogens is 1. The van der Waals surface area contributed by atoms with Crippen molar-refractivity contribution in [2.24, 2.45) is 7.05 Å². The minimum absolute atomic E-state index is 0.133. The zero-order chi connectivity index (χ0) is 23.9. The summed E-state index contributed by atoms with van der Waals surface area (Å²) in [6.07, 6.45) is 9.70. The van der Waals surface area contributed by atoms with Gasteiger partial charge in [-0.2, -0.15) is 5.10 Å². The Morgan fingerprint density at radius 1 is 1.20 bits per heavy atom. The van der Waals surface area contributed by atoms with Gasteiger partial charge in [0.05, 0.1) is 22.2 Å². The number of carbonyl (C=O) groups excluding carboxylic acids is 1. The van der Waals surface area contributed by atoms with Gasteiger partial charge in [0.25, 0.3) is 5.91 Å². The van der Waals surface area contributed by atoms with E-state index in [0.29, 0.717) is 27.5 Å². The molecule has 1 amide bonds. The summed E-state index contributed by atoms with van der Waals surface area (Å²) in [7, 11) is 1.84. The highest BCUT2D eigenvalue weighted by Crippen LogP contribution is 2.31. The predicted molar refractivity (Wildman–Crippen MR) is 134 cm³/mol. The lowest BCUT2D eigenvalue weighted by molar-refractivity contribution is 0.0954. The molecule has 4 aromatic heterocycles. The predicted octanol–water partition coefficient (Wildman–Crippen LogP) is 5.03. The molecule has 0 fully saturated rings. The number of fused-ring (bicyclic) bond motifs is 2. The fraction of sp³-hybridized carbons (Fsp3) is 0.231. The number of imidazole rings is 1. The lowest BCUT2D eigenvalue weighted by Crippen LogP contribution is -2.22. The molecule has 35 heavy (non-hydrogen) atoms. The van der Waals surface area contributed by atoms with Gasteiger partial charge >= 0.3 is 0 Å². The number of benzene rings is 1. The molecule has 0 atom stereocenters. The van der Waals surface area contributed by atoms with Gasteiger partial charge in [0.2, 0.25) is 0 Å². The SMILES string of the molecule is Cn1cc(-c2nc3nccc(-c4ccc(CNC(=O)c5cc6c(s5)CCCC6)c(F)c4)c3[nH]2)cn1. The maximum absolute atomic E-state index is 15.0. The van der Waals surface area contributed by atoms with Gasteiger partial charge in [-0.1, -0.05) is 12.1 Å². The molecule has 0 bridgehead atoms. The fourth-order valence-electron chi connectivity index (χ4n) is 4.56. The van der Waals surface area contributed by atoms with E-state index in [0.717, 1.165) is 29.5 Å². The molecule has 0 saturated carbocycles. The van der Waals surface area contributed by atoms with Gasteiger partial charge in [0.1, 0.15) is 11.6 Å². The molecule has 9 heteroatoms. The Kier molecular flexibility index (Phi) is 5.41. The molecule has 0 radical (unpaired) electrons. The Morgan fingerprint density at radius 2 is 2.09 bits per heavy atom. The second kappa shape index (κ2) is 8.74. The first-order chi connectivity index (χ1) is 17.0. The highest BCUT2D eigenvalue weighted by molar-refractivity contribution is 7.14. The van der Waals surface area contributed by atoms with E-state index >= 15 is 4.39 Å². The van der Waals surface area contributed by atoms with E-state index in [9.17, 15) is 4.79 Å². The lowest BCUT2D eigenvalue weighted by atomic mass is 9.99. The van der Waals surface area contributed by atoms with E-state index in [4.69, 9.17) is 0 Å². The minimum Gasteiger partial charge on any atom is -0.347 e. The van der Waals surface area contributed by atoms with Crippen molar-refractivity contribution in [3.05, 3.63) is 75.6 Å². The third kappa shape index (κ3) is 4.12. The third-order valence-electron chi connectivity index (χ3n) is 6.39. The second-order valence-electron chi connectivity index (χ2n) is 8.80. The molecule has 1 aliphatic carbocycles. The van der Waals surface area contributed by atoms with E-state index in [1.54, 1.807) is 34.5 Å². The molecule has 5 aromatic rings. The summed E-state index contributed by atoms with van der Waals surface area (Å²) < 4.78 is 16.8. The summed E-state index contributed by atoms with van der Waals surface area (Å²) in [5.74, 6) is 0.137. The van der Waals surface area contributed by atoms with Crippen molar-refractivity contribution in [2.75, 3.05) is 0 Å². The summed E-state index contributed by atoms with van der Waals surface area (Å²) in [6, 6.07) is 8.89. The first-order valence-electron chi connectivity index (χ1n) is 11.6. The molecule has 6 rings (SSSR count). The summed E-state index contributed by atoms with van der Waals surface area (Å²) in [5.41, 5.74) is 5.37. The van der Waals surface area contributed by atoms with Crippen molar-refractivity contribution in [3.8, 4) is 22.5 Å². The van der Waals surface area contributed by atoms with Crippen LogP contribution in [-0.2, 0) is 26.4 Å². The number of pyridine rings is 1. The number of hydrogen-bond donors (Lipinski definition) is 2. The van der Waals surface area contributed by atoms with Crippen LogP contribution in [0.4, 0.5) is 4.39 Å². The molecule has 0 unspecified atom stereocenters. The smallest absolute Gasteiger partial charge is 0.261 e. The first kappa shape index (κ1) is 21.7. The standard InChI is InChI=1S/C26H23FN6OS/c1-33-14-18(13-30-33)24-31-23-19(8-9-28-25(23)32-24)15-6-7-17(20(27)10-15)12-29-26(34)22-11-16-4-2-3-5-21(16)35-22/h6-11,13-14H,2-5,12H2,1H3,(H,29,34)(H,28,31,32). The molecule has 4 heterocycles. The van der Waals surface area contributed by atoms with Crippen molar-refractivity contribution >= 4 is 28.4 Å². The summed E-state index contributed by atoms with van der Waals surface area (Å²) in [6.45, 7) is 0.133. The van der Waals surface area contributed by atoms with E-state index < -0.39 is 0 Å². The molecule has 0 saturated heterocycles. The van der Waals surface area contributed by atoms with Crippen molar-refractivity contribution in [3.63, 3.8) is 0 Å². The van der Waals surface area contributed by atoms with Crippen molar-refractivity contribution < 1.29 is 9.18 Å². The molecule has 0 spiro atoms. The number of carbonyl (C=O) groups is 1. The third-order valence-corrected chi connectivity index (χ3v) is 7.63. The molecule has 7 nitrogen and oxygen atoms in total. The van der Waals surface area contributed by atoms with Gasteiger partial charge in [-0.15, -0.1) is 11.3 Å². The molecule has 1 aliphatic rings. The van der Waals surface area contributed by atoms with Crippen LogP contribution in [-0.4, -0.2) is 30.6 Å². The largest absolute Gasteiger partial charge is 0.347 e. The molecule has 1 aromatic carbocycles. The highest BCUT2D eigenvalue weighted by Gasteiger charge is 2.18. The van der Waals surface area contributed by atoms with Crippen LogP contribution in [0.15, 0.2) is 48.9 Å². The van der Waals surface area contributed by atoms with E-state index in [-0.39, 0.29) is 18.3 Å². The number of thiophene rings is 1. The molecule has 0 aliphatic heterocycles. The monoisotopic (exact) mass is 486 g/mol. The first-order valence-corrected chi connectivity index (χ1v) is 12.4. The highest BCUT2D eigenvalue weighted by atomic mass is 32.1. The number of hydrogen-bond acceptors (Lipinski definition) is 5. The Labute approximate surface area is 205 Å². The number of H-pyrrole nitrogens is 1. The van der Waals surface area contributed by atoms with E-state index in [1.807, 2.05) is 31.4 Å². The van der Waals surface area contributed by atoms with Crippen LogP contribution < -0.4 is 5.32 Å². The maximum Gasteiger partial charge on any atom is 0.261 e. The molecular weight excluding hydrogens is 463 g/mol. The van der Waals surface area contributed by atoms with Crippen LogP contribution in [0.3, 0.4) is 0 Å². The van der Waals surface area contributed by atoms with Crippen LogP contribution in [0.1, 0.15) is 38.5 Å². The summed E-state index contributed by atoms with van der Waals surface area (Å²) >= 11 is 1.56. The quantitative estimate of drug-likeness (QED) is 0.365. The van der Waals surface area contributed by atoms with Crippen LogP contribution in [0.25, 0.3) is 33.7 Å². The van der Waals surface area contributed by atoms with Gasteiger partial charge < -0.3 is 10.3 Å². The number of nitrogens with zero attached hydrogens (tertiary/aromatic N) is 4. The van der Waals surface area contributed by atoms with Crippen LogP contribution in [0.5, 0.6) is 0 Å². The number of amides is 1. The fourth-order valence-corrected chi connectivity index (χ4v) is 5.73.